The van der Waals surface area contributed by atoms with Gasteiger partial charge in [-0.2, -0.15) is 18.3 Å². The molecule has 0 aliphatic rings. The Morgan fingerprint density at radius 2 is 1.68 bits per heavy atom. The Bertz CT molecular complexity index is 538. The van der Waals surface area contributed by atoms with Crippen molar-refractivity contribution >= 4 is 23.3 Å². The van der Waals surface area contributed by atoms with Crippen LogP contribution in [-0.4, -0.2) is 22.4 Å². The van der Waals surface area contributed by atoms with Gasteiger partial charge < -0.3 is 10.2 Å². The fraction of sp³-hybridized carbons (Fsp3) is 0.100. The molecule has 102 valence electrons. The maximum absolute atomic E-state index is 12.1. The second kappa shape index (κ2) is 5.70. The van der Waals surface area contributed by atoms with Gasteiger partial charge in [0.1, 0.15) is 0 Å². The lowest BCUT2D eigenvalue weighted by molar-refractivity contribution is -0.138. The standard InChI is InChI=1S/C10H6ClF3N2O3/c11-5-1-3-6(4-2-5)15-16-7(9(18)19)8(17)10(12,13)14/h1-4,17H,(H,18,19)/b8-7-,16-15?. The Kier molecular flexibility index (Phi) is 4.49. The van der Waals surface area contributed by atoms with Crippen LogP contribution in [0.3, 0.4) is 0 Å². The minimum Gasteiger partial charge on any atom is -0.502 e. The van der Waals surface area contributed by atoms with E-state index in [9.17, 15) is 18.0 Å². The molecule has 9 heteroatoms. The lowest BCUT2D eigenvalue weighted by Crippen LogP contribution is -2.16. The predicted octanol–water partition coefficient (Wildman–Crippen LogP) is 3.84. The number of halogens is 4. The van der Waals surface area contributed by atoms with Gasteiger partial charge in [0.15, 0.2) is 0 Å². The Balaban J connectivity index is 3.11. The summed E-state index contributed by atoms with van der Waals surface area (Å²) in [5.41, 5.74) is -1.51. The summed E-state index contributed by atoms with van der Waals surface area (Å²) in [7, 11) is 0. The van der Waals surface area contributed by atoms with Crippen LogP contribution in [0.15, 0.2) is 46.0 Å². The molecule has 0 radical (unpaired) electrons. The van der Waals surface area contributed by atoms with E-state index in [0.717, 1.165) is 0 Å². The van der Waals surface area contributed by atoms with Gasteiger partial charge in [-0.15, -0.1) is 5.11 Å². The lowest BCUT2D eigenvalue weighted by atomic mass is 10.3. The molecular formula is C10H6ClF3N2O3. The van der Waals surface area contributed by atoms with Crippen molar-refractivity contribution in [3.8, 4) is 0 Å². The Hall–Kier alpha value is -2.09. The minimum absolute atomic E-state index is 0.0816. The van der Waals surface area contributed by atoms with Gasteiger partial charge in [-0.3, -0.25) is 0 Å². The SMILES string of the molecule is O=C(O)/C(N=Nc1ccc(Cl)cc1)=C(/O)C(F)(F)F. The summed E-state index contributed by atoms with van der Waals surface area (Å²) in [6.07, 6.45) is -5.22. The van der Waals surface area contributed by atoms with E-state index in [1.54, 1.807) is 0 Å². The smallest absolute Gasteiger partial charge is 0.451 e. The largest absolute Gasteiger partial charge is 0.502 e. The first kappa shape index (κ1) is 15.0. The fourth-order valence-corrected chi connectivity index (χ4v) is 1.07. The number of benzene rings is 1. The molecule has 0 aliphatic heterocycles. The number of hydrogen-bond donors (Lipinski definition) is 2. The molecule has 0 heterocycles. The first-order chi connectivity index (χ1) is 8.71. The number of aliphatic hydroxyl groups is 1. The van der Waals surface area contributed by atoms with E-state index in [1.807, 2.05) is 0 Å². The molecule has 0 aliphatic carbocycles. The first-order valence-electron chi connectivity index (χ1n) is 4.63. The monoisotopic (exact) mass is 294 g/mol. The average molecular weight is 295 g/mol. The number of rotatable bonds is 3. The molecule has 0 amide bonds. The van der Waals surface area contributed by atoms with E-state index in [2.05, 4.69) is 10.2 Å². The highest BCUT2D eigenvalue weighted by Gasteiger charge is 2.39. The van der Waals surface area contributed by atoms with Crippen LogP contribution >= 0.6 is 11.6 Å². The van der Waals surface area contributed by atoms with Crippen molar-refractivity contribution in [3.63, 3.8) is 0 Å². The van der Waals surface area contributed by atoms with Crippen molar-refractivity contribution in [2.45, 2.75) is 6.18 Å². The second-order valence-corrected chi connectivity index (χ2v) is 3.61. The highest BCUT2D eigenvalue weighted by Crippen LogP contribution is 2.27. The van der Waals surface area contributed by atoms with Crippen LogP contribution in [-0.2, 0) is 4.79 Å². The van der Waals surface area contributed by atoms with Crippen molar-refractivity contribution < 1.29 is 28.2 Å². The third-order valence-corrected chi connectivity index (χ3v) is 2.04. The van der Waals surface area contributed by atoms with Gasteiger partial charge in [0.05, 0.1) is 5.69 Å². The molecule has 1 rings (SSSR count). The first-order valence-corrected chi connectivity index (χ1v) is 5.00. The number of azo groups is 1. The van der Waals surface area contributed by atoms with Crippen LogP contribution in [0.25, 0.3) is 0 Å². The Morgan fingerprint density at radius 1 is 1.16 bits per heavy atom. The van der Waals surface area contributed by atoms with E-state index >= 15 is 0 Å². The summed E-state index contributed by atoms with van der Waals surface area (Å²) in [5.74, 6) is -4.37. The average Bonchev–Trinajstić information content (AvgIpc) is 2.30. The van der Waals surface area contributed by atoms with E-state index in [-0.39, 0.29) is 5.69 Å². The topological polar surface area (TPSA) is 82.2 Å². The minimum atomic E-state index is -5.22. The van der Waals surface area contributed by atoms with E-state index in [4.69, 9.17) is 21.8 Å². The summed E-state index contributed by atoms with van der Waals surface area (Å²) in [5, 5.41) is 23.8. The molecule has 0 bridgehead atoms. The number of alkyl halides is 3. The zero-order valence-electron chi connectivity index (χ0n) is 9.02. The van der Waals surface area contributed by atoms with Crippen LogP contribution in [0.5, 0.6) is 0 Å². The zero-order valence-corrected chi connectivity index (χ0v) is 9.77. The lowest BCUT2D eigenvalue weighted by Gasteiger charge is -2.05. The molecule has 19 heavy (non-hydrogen) atoms. The molecule has 1 aromatic rings. The predicted molar refractivity (Wildman–Crippen MR) is 59.3 cm³/mol. The van der Waals surface area contributed by atoms with Gasteiger partial charge in [0, 0.05) is 5.02 Å². The quantitative estimate of drug-likeness (QED) is 0.505. The molecule has 0 fully saturated rings. The molecule has 0 spiro atoms. The van der Waals surface area contributed by atoms with Crippen molar-refractivity contribution in [1.82, 2.24) is 0 Å². The van der Waals surface area contributed by atoms with Gasteiger partial charge in [0.25, 0.3) is 0 Å². The van der Waals surface area contributed by atoms with Gasteiger partial charge in [-0.25, -0.2) is 4.79 Å². The maximum Gasteiger partial charge on any atom is 0.451 e. The highest BCUT2D eigenvalue weighted by atomic mass is 35.5. The van der Waals surface area contributed by atoms with Crippen LogP contribution in [0.4, 0.5) is 18.9 Å². The summed E-state index contributed by atoms with van der Waals surface area (Å²) in [6, 6.07) is 5.42. The maximum atomic E-state index is 12.1. The van der Waals surface area contributed by atoms with Gasteiger partial charge in [-0.05, 0) is 24.3 Å². The second-order valence-electron chi connectivity index (χ2n) is 3.18. The normalized spacial score (nSPS) is 13.5. The van der Waals surface area contributed by atoms with E-state index < -0.39 is 23.6 Å². The Labute approximate surface area is 109 Å². The van der Waals surface area contributed by atoms with Crippen LogP contribution in [0.2, 0.25) is 5.02 Å². The van der Waals surface area contributed by atoms with Gasteiger partial charge >= 0.3 is 12.1 Å². The third kappa shape index (κ3) is 4.25. The third-order valence-electron chi connectivity index (χ3n) is 1.79. The number of aliphatic hydroxyl groups excluding tert-OH is 1. The highest BCUT2D eigenvalue weighted by molar-refractivity contribution is 6.30. The van der Waals surface area contributed by atoms with Crippen LogP contribution in [0.1, 0.15) is 0 Å². The zero-order chi connectivity index (χ0) is 14.6. The number of aliphatic carboxylic acids is 1. The molecule has 0 saturated carbocycles. The molecule has 0 atom stereocenters. The van der Waals surface area contributed by atoms with Gasteiger partial charge in [0.2, 0.25) is 11.5 Å². The number of carboxylic acid groups (broad SMARTS) is 1. The Morgan fingerprint density at radius 3 is 2.11 bits per heavy atom. The molecule has 0 unspecified atom stereocenters. The molecular weight excluding hydrogens is 289 g/mol. The number of carboxylic acids is 1. The summed E-state index contributed by atoms with van der Waals surface area (Å²) >= 11 is 5.57. The van der Waals surface area contributed by atoms with Gasteiger partial charge in [-0.1, -0.05) is 11.6 Å². The number of allylic oxidation sites excluding steroid dienone is 1. The fourth-order valence-electron chi connectivity index (χ4n) is 0.941. The molecule has 2 N–H and O–H groups in total. The van der Waals surface area contributed by atoms with Crippen LogP contribution in [0, 0.1) is 0 Å². The summed E-state index contributed by atoms with van der Waals surface area (Å²) in [4.78, 5) is 10.6. The molecule has 0 aromatic heterocycles. The summed E-state index contributed by atoms with van der Waals surface area (Å²) < 4.78 is 36.4. The number of carbonyl (C=O) groups is 1. The molecule has 1 aromatic carbocycles. The van der Waals surface area contributed by atoms with Crippen molar-refractivity contribution in [3.05, 3.63) is 40.7 Å². The van der Waals surface area contributed by atoms with Crippen molar-refractivity contribution in [2.24, 2.45) is 10.2 Å². The number of hydrogen-bond acceptors (Lipinski definition) is 4. The van der Waals surface area contributed by atoms with Crippen molar-refractivity contribution in [1.29, 1.82) is 0 Å². The van der Waals surface area contributed by atoms with E-state index in [1.165, 1.54) is 24.3 Å². The van der Waals surface area contributed by atoms with Crippen molar-refractivity contribution in [2.75, 3.05) is 0 Å². The number of nitrogens with zero attached hydrogens (tertiary/aromatic N) is 2. The molecule has 5 nitrogen and oxygen atoms in total. The summed E-state index contributed by atoms with van der Waals surface area (Å²) in [6.45, 7) is 0. The van der Waals surface area contributed by atoms with E-state index in [0.29, 0.717) is 5.02 Å². The van der Waals surface area contributed by atoms with Crippen LogP contribution < -0.4 is 0 Å². The molecule has 0 saturated heterocycles.